The van der Waals surface area contributed by atoms with Crippen LogP contribution in [0, 0.1) is 5.92 Å². The molecule has 3 heteroatoms. The number of hydrogen-bond donors (Lipinski definition) is 1. The van der Waals surface area contributed by atoms with Crippen molar-refractivity contribution >= 4 is 17.3 Å². The highest BCUT2D eigenvalue weighted by Gasteiger charge is 2.04. The first-order chi connectivity index (χ1) is 7.61. The summed E-state index contributed by atoms with van der Waals surface area (Å²) in [7, 11) is 0. The van der Waals surface area contributed by atoms with Crippen molar-refractivity contribution in [2.45, 2.75) is 33.3 Å². The second-order valence-electron chi connectivity index (χ2n) is 4.40. The Balaban J connectivity index is 2.32. The molecule has 0 amide bonds. The van der Waals surface area contributed by atoms with E-state index in [0.29, 0.717) is 17.3 Å². The molecule has 1 aromatic rings. The van der Waals surface area contributed by atoms with Crippen molar-refractivity contribution < 1.29 is 4.74 Å². The van der Waals surface area contributed by atoms with Gasteiger partial charge in [0.05, 0.1) is 6.61 Å². The summed E-state index contributed by atoms with van der Waals surface area (Å²) in [6.07, 6.45) is 2.28. The highest BCUT2D eigenvalue weighted by atomic mass is 35.5. The first-order valence-corrected chi connectivity index (χ1v) is 6.09. The van der Waals surface area contributed by atoms with Gasteiger partial charge in [-0.1, -0.05) is 31.5 Å². The molecule has 0 fully saturated rings. The third kappa shape index (κ3) is 4.42. The number of halogens is 1. The fourth-order valence-corrected chi connectivity index (χ4v) is 1.73. The van der Waals surface area contributed by atoms with E-state index in [2.05, 4.69) is 13.8 Å². The van der Waals surface area contributed by atoms with E-state index in [-0.39, 0.29) is 0 Å². The minimum absolute atomic E-state index is 0.504. The van der Waals surface area contributed by atoms with Gasteiger partial charge < -0.3 is 10.5 Å². The molecule has 0 saturated carbocycles. The maximum atomic E-state index is 6.03. The average molecular weight is 242 g/mol. The van der Waals surface area contributed by atoms with E-state index < -0.39 is 0 Å². The van der Waals surface area contributed by atoms with Gasteiger partial charge in [0.1, 0.15) is 0 Å². The lowest BCUT2D eigenvalue weighted by Gasteiger charge is -2.09. The zero-order chi connectivity index (χ0) is 12.0. The Morgan fingerprint density at radius 3 is 2.75 bits per heavy atom. The summed E-state index contributed by atoms with van der Waals surface area (Å²) in [5.74, 6) is 0.731. The number of nitrogens with two attached hydrogens (primary N) is 1. The number of anilines is 1. The lowest BCUT2D eigenvalue weighted by atomic mass is 10.1. The van der Waals surface area contributed by atoms with Gasteiger partial charge in [-0.25, -0.2) is 0 Å². The lowest BCUT2D eigenvalue weighted by molar-refractivity contribution is 0.115. The van der Waals surface area contributed by atoms with Crippen molar-refractivity contribution in [3.05, 3.63) is 28.8 Å². The van der Waals surface area contributed by atoms with Crippen molar-refractivity contribution in [1.82, 2.24) is 0 Å². The minimum Gasteiger partial charge on any atom is -0.398 e. The molecule has 16 heavy (non-hydrogen) atoms. The maximum Gasteiger partial charge on any atom is 0.0751 e. The Labute approximate surface area is 103 Å². The predicted molar refractivity (Wildman–Crippen MR) is 69.6 cm³/mol. The van der Waals surface area contributed by atoms with E-state index >= 15 is 0 Å². The molecule has 0 unspecified atom stereocenters. The third-order valence-corrected chi connectivity index (χ3v) is 2.83. The van der Waals surface area contributed by atoms with Gasteiger partial charge in [-0.2, -0.15) is 0 Å². The average Bonchev–Trinajstić information content (AvgIpc) is 2.21. The molecule has 0 aliphatic rings. The summed E-state index contributed by atoms with van der Waals surface area (Å²) < 4.78 is 5.57. The zero-order valence-electron chi connectivity index (χ0n) is 10.0. The van der Waals surface area contributed by atoms with Gasteiger partial charge in [-0.3, -0.25) is 0 Å². The summed E-state index contributed by atoms with van der Waals surface area (Å²) in [5.41, 5.74) is 7.42. The SMILES string of the molecule is CC(C)CCCOCc1c(N)cccc1Cl. The number of nitrogen functional groups attached to an aromatic ring is 1. The van der Waals surface area contributed by atoms with Crippen LogP contribution >= 0.6 is 11.6 Å². The summed E-state index contributed by atoms with van der Waals surface area (Å²) in [6, 6.07) is 5.53. The number of rotatable bonds is 6. The predicted octanol–water partition coefficient (Wildman–Crippen LogP) is 3.88. The van der Waals surface area contributed by atoms with Gasteiger partial charge in [0, 0.05) is 22.9 Å². The summed E-state index contributed by atoms with van der Waals surface area (Å²) >= 11 is 6.03. The van der Waals surface area contributed by atoms with Crippen LogP contribution in [0.4, 0.5) is 5.69 Å². The van der Waals surface area contributed by atoms with Gasteiger partial charge >= 0.3 is 0 Å². The second kappa shape index (κ2) is 6.77. The maximum absolute atomic E-state index is 6.03. The van der Waals surface area contributed by atoms with E-state index in [4.69, 9.17) is 22.1 Å². The monoisotopic (exact) mass is 241 g/mol. The molecule has 90 valence electrons. The fourth-order valence-electron chi connectivity index (χ4n) is 1.50. The fraction of sp³-hybridized carbons (Fsp3) is 0.538. The minimum atomic E-state index is 0.504. The van der Waals surface area contributed by atoms with Crippen molar-refractivity contribution in [3.8, 4) is 0 Å². The molecule has 0 saturated heterocycles. The van der Waals surface area contributed by atoms with Crippen molar-refractivity contribution in [3.63, 3.8) is 0 Å². The lowest BCUT2D eigenvalue weighted by Crippen LogP contribution is -2.01. The first-order valence-electron chi connectivity index (χ1n) is 5.72. The van der Waals surface area contributed by atoms with Gasteiger partial charge in [0.2, 0.25) is 0 Å². The molecule has 1 rings (SSSR count). The molecule has 0 radical (unpaired) electrons. The summed E-state index contributed by atoms with van der Waals surface area (Å²) in [6.45, 7) is 5.70. The van der Waals surface area contributed by atoms with E-state index in [1.54, 1.807) is 0 Å². The van der Waals surface area contributed by atoms with Gasteiger partial charge in [0.15, 0.2) is 0 Å². The Morgan fingerprint density at radius 2 is 2.12 bits per heavy atom. The van der Waals surface area contributed by atoms with Gasteiger partial charge in [-0.05, 0) is 30.9 Å². The Kier molecular flexibility index (Phi) is 5.64. The molecule has 2 N–H and O–H groups in total. The van der Waals surface area contributed by atoms with Crippen LogP contribution in [0.25, 0.3) is 0 Å². The van der Waals surface area contributed by atoms with Gasteiger partial charge in [-0.15, -0.1) is 0 Å². The molecule has 0 aromatic heterocycles. The molecule has 0 aliphatic heterocycles. The van der Waals surface area contributed by atoms with Crippen LogP contribution in [0.2, 0.25) is 5.02 Å². The summed E-state index contributed by atoms with van der Waals surface area (Å²) in [4.78, 5) is 0. The molecule has 0 spiro atoms. The van der Waals surface area contributed by atoms with Crippen LogP contribution < -0.4 is 5.73 Å². The standard InChI is InChI=1S/C13H20ClNO/c1-10(2)5-4-8-16-9-11-12(14)6-3-7-13(11)15/h3,6-7,10H,4-5,8-9,15H2,1-2H3. The highest BCUT2D eigenvalue weighted by Crippen LogP contribution is 2.22. The van der Waals surface area contributed by atoms with Crippen molar-refractivity contribution in [1.29, 1.82) is 0 Å². The van der Waals surface area contributed by atoms with Crippen LogP contribution in [-0.2, 0) is 11.3 Å². The van der Waals surface area contributed by atoms with E-state index in [1.165, 1.54) is 6.42 Å². The van der Waals surface area contributed by atoms with E-state index in [0.717, 1.165) is 24.5 Å². The zero-order valence-corrected chi connectivity index (χ0v) is 10.8. The number of hydrogen-bond acceptors (Lipinski definition) is 2. The molecule has 1 aromatic carbocycles. The first kappa shape index (κ1) is 13.3. The molecule has 0 atom stereocenters. The molecular formula is C13H20ClNO. The van der Waals surface area contributed by atoms with Crippen LogP contribution in [0.3, 0.4) is 0 Å². The molecular weight excluding hydrogens is 222 g/mol. The Bertz CT molecular complexity index is 305. The van der Waals surface area contributed by atoms with Crippen molar-refractivity contribution in [2.75, 3.05) is 12.3 Å². The summed E-state index contributed by atoms with van der Waals surface area (Å²) in [5, 5.41) is 0.684. The van der Waals surface area contributed by atoms with Crippen LogP contribution in [0.15, 0.2) is 18.2 Å². The van der Waals surface area contributed by atoms with Crippen LogP contribution in [0.5, 0.6) is 0 Å². The molecule has 0 bridgehead atoms. The Hall–Kier alpha value is -0.730. The number of ether oxygens (including phenoxy) is 1. The third-order valence-electron chi connectivity index (χ3n) is 2.47. The second-order valence-corrected chi connectivity index (χ2v) is 4.80. The molecule has 2 nitrogen and oxygen atoms in total. The van der Waals surface area contributed by atoms with Crippen LogP contribution in [-0.4, -0.2) is 6.61 Å². The van der Waals surface area contributed by atoms with E-state index in [1.807, 2.05) is 18.2 Å². The smallest absolute Gasteiger partial charge is 0.0751 e. The van der Waals surface area contributed by atoms with Crippen LogP contribution in [0.1, 0.15) is 32.3 Å². The van der Waals surface area contributed by atoms with Crippen molar-refractivity contribution in [2.24, 2.45) is 5.92 Å². The van der Waals surface area contributed by atoms with E-state index in [9.17, 15) is 0 Å². The largest absolute Gasteiger partial charge is 0.398 e. The topological polar surface area (TPSA) is 35.2 Å². The number of benzene rings is 1. The highest BCUT2D eigenvalue weighted by molar-refractivity contribution is 6.31. The quantitative estimate of drug-likeness (QED) is 0.606. The van der Waals surface area contributed by atoms with Gasteiger partial charge in [0.25, 0.3) is 0 Å². The Morgan fingerprint density at radius 1 is 1.38 bits per heavy atom. The molecule has 0 heterocycles. The normalized spacial score (nSPS) is 11.0. The molecule has 0 aliphatic carbocycles.